The largest absolute Gasteiger partial charge is 0.456 e. The van der Waals surface area contributed by atoms with Crippen LogP contribution >= 0.6 is 11.6 Å². The third-order valence-corrected chi connectivity index (χ3v) is 6.40. The first-order chi connectivity index (χ1) is 17.5. The van der Waals surface area contributed by atoms with Crippen molar-refractivity contribution in [2.75, 3.05) is 30.0 Å². The van der Waals surface area contributed by atoms with Gasteiger partial charge in [0, 0.05) is 25.3 Å². The van der Waals surface area contributed by atoms with Crippen LogP contribution in [0.5, 0.6) is 11.5 Å². The van der Waals surface area contributed by atoms with Crippen molar-refractivity contribution < 1.29 is 9.47 Å². The molecule has 10 nitrogen and oxygen atoms in total. The standard InChI is InChI=1S/C25H23ClN8O2/c1-15-12-35-8-7-34(15)25-27-11-20-23(32-25)24(29-13-28-20)31-16-3-6-22(18(26)9-16)36-17-4-5-21-19(10-17)30-14-33(21)2/h3-6,9-11,13-15H,7-8,12H2,1-2H3,(H,28,29,31)/t15-/m1/s1. The molecule has 2 aromatic carbocycles. The van der Waals surface area contributed by atoms with E-state index in [0.29, 0.717) is 52.5 Å². The Bertz CT molecular complexity index is 1570. The average Bonchev–Trinajstić information content (AvgIpc) is 3.26. The average molecular weight is 503 g/mol. The molecule has 3 aromatic heterocycles. The molecule has 36 heavy (non-hydrogen) atoms. The Hall–Kier alpha value is -4.02. The number of fused-ring (bicyclic) bond motifs is 2. The van der Waals surface area contributed by atoms with E-state index in [2.05, 4.69) is 37.1 Å². The van der Waals surface area contributed by atoms with Crippen LogP contribution in [0, 0.1) is 0 Å². The van der Waals surface area contributed by atoms with Crippen LogP contribution in [0.2, 0.25) is 5.02 Å². The lowest BCUT2D eigenvalue weighted by Crippen LogP contribution is -2.44. The van der Waals surface area contributed by atoms with Crippen LogP contribution in [-0.4, -0.2) is 55.3 Å². The third-order valence-electron chi connectivity index (χ3n) is 6.11. The van der Waals surface area contributed by atoms with Crippen molar-refractivity contribution in [1.29, 1.82) is 0 Å². The first-order valence-corrected chi connectivity index (χ1v) is 11.9. The van der Waals surface area contributed by atoms with Crippen LogP contribution in [0.25, 0.3) is 22.1 Å². The van der Waals surface area contributed by atoms with Gasteiger partial charge in [-0.1, -0.05) is 11.6 Å². The molecule has 11 heteroatoms. The summed E-state index contributed by atoms with van der Waals surface area (Å²) in [6.07, 6.45) is 4.97. The summed E-state index contributed by atoms with van der Waals surface area (Å²) in [5.74, 6) is 2.39. The van der Waals surface area contributed by atoms with Crippen LogP contribution in [0.3, 0.4) is 0 Å². The Kier molecular flexibility index (Phi) is 5.74. The molecule has 1 aliphatic rings. The fourth-order valence-electron chi connectivity index (χ4n) is 4.20. The minimum Gasteiger partial charge on any atom is -0.456 e. The van der Waals surface area contributed by atoms with Crippen molar-refractivity contribution in [3.63, 3.8) is 0 Å². The van der Waals surface area contributed by atoms with Crippen molar-refractivity contribution in [2.24, 2.45) is 7.05 Å². The lowest BCUT2D eigenvalue weighted by atomic mass is 10.2. The second-order valence-corrected chi connectivity index (χ2v) is 9.03. The van der Waals surface area contributed by atoms with E-state index in [1.807, 2.05) is 41.9 Å². The van der Waals surface area contributed by atoms with Crippen molar-refractivity contribution in [3.05, 3.63) is 60.3 Å². The minimum absolute atomic E-state index is 0.182. The maximum absolute atomic E-state index is 6.57. The van der Waals surface area contributed by atoms with Gasteiger partial charge in [0.15, 0.2) is 5.82 Å². The molecule has 6 rings (SSSR count). The van der Waals surface area contributed by atoms with E-state index >= 15 is 0 Å². The van der Waals surface area contributed by atoms with Gasteiger partial charge in [-0.2, -0.15) is 0 Å². The Balaban J connectivity index is 1.25. The monoisotopic (exact) mass is 502 g/mol. The number of rotatable bonds is 5. The van der Waals surface area contributed by atoms with Gasteiger partial charge in [-0.15, -0.1) is 0 Å². The number of imidazole rings is 1. The number of aryl methyl sites for hydroxylation is 1. The fourth-order valence-corrected chi connectivity index (χ4v) is 4.42. The van der Waals surface area contributed by atoms with Crippen LogP contribution in [0.4, 0.5) is 17.5 Å². The van der Waals surface area contributed by atoms with Crippen LogP contribution in [0.1, 0.15) is 6.92 Å². The number of ether oxygens (including phenoxy) is 2. The number of halogens is 1. The van der Waals surface area contributed by atoms with Gasteiger partial charge in [-0.25, -0.2) is 24.9 Å². The molecule has 0 amide bonds. The number of benzene rings is 2. The molecule has 5 aromatic rings. The number of hydrogen-bond donors (Lipinski definition) is 1. The highest BCUT2D eigenvalue weighted by molar-refractivity contribution is 6.32. The van der Waals surface area contributed by atoms with E-state index in [-0.39, 0.29) is 6.04 Å². The Morgan fingerprint density at radius 1 is 1.08 bits per heavy atom. The van der Waals surface area contributed by atoms with E-state index in [1.54, 1.807) is 18.6 Å². The molecule has 0 spiro atoms. The van der Waals surface area contributed by atoms with Crippen molar-refractivity contribution in [1.82, 2.24) is 29.5 Å². The van der Waals surface area contributed by atoms with Gasteiger partial charge in [-0.3, -0.25) is 0 Å². The summed E-state index contributed by atoms with van der Waals surface area (Å²) in [6, 6.07) is 11.4. The normalized spacial score (nSPS) is 16.0. The molecule has 0 radical (unpaired) electrons. The number of morpholine rings is 1. The second kappa shape index (κ2) is 9.21. The quantitative estimate of drug-likeness (QED) is 0.365. The van der Waals surface area contributed by atoms with E-state index in [1.165, 1.54) is 6.33 Å². The summed E-state index contributed by atoms with van der Waals surface area (Å²) in [5, 5.41) is 3.77. The summed E-state index contributed by atoms with van der Waals surface area (Å²) in [5.41, 5.74) is 3.90. The highest BCUT2D eigenvalue weighted by Crippen LogP contribution is 2.34. The van der Waals surface area contributed by atoms with E-state index < -0.39 is 0 Å². The Morgan fingerprint density at radius 2 is 2.00 bits per heavy atom. The molecule has 4 heterocycles. The first kappa shape index (κ1) is 22.4. The molecule has 0 aliphatic carbocycles. The van der Waals surface area contributed by atoms with Gasteiger partial charge in [0.2, 0.25) is 5.95 Å². The van der Waals surface area contributed by atoms with Gasteiger partial charge >= 0.3 is 0 Å². The second-order valence-electron chi connectivity index (χ2n) is 8.62. The molecule has 1 N–H and O–H groups in total. The molecule has 0 bridgehead atoms. The zero-order valence-electron chi connectivity index (χ0n) is 19.7. The molecule has 182 valence electrons. The van der Waals surface area contributed by atoms with Crippen LogP contribution < -0.4 is 15.0 Å². The molecular formula is C25H23ClN8O2. The van der Waals surface area contributed by atoms with Gasteiger partial charge in [-0.05, 0) is 37.3 Å². The maximum Gasteiger partial charge on any atom is 0.226 e. The summed E-state index contributed by atoms with van der Waals surface area (Å²) >= 11 is 6.57. The summed E-state index contributed by atoms with van der Waals surface area (Å²) < 4.78 is 13.5. The molecule has 1 fully saturated rings. The summed E-state index contributed by atoms with van der Waals surface area (Å²) in [7, 11) is 1.95. The molecular weight excluding hydrogens is 480 g/mol. The molecule has 1 atom stereocenters. The predicted molar refractivity (Wildman–Crippen MR) is 138 cm³/mol. The number of nitrogens with one attached hydrogen (secondary N) is 1. The van der Waals surface area contributed by atoms with Crippen molar-refractivity contribution in [3.8, 4) is 11.5 Å². The van der Waals surface area contributed by atoms with Crippen LogP contribution in [-0.2, 0) is 11.8 Å². The van der Waals surface area contributed by atoms with Gasteiger partial charge in [0.1, 0.15) is 28.9 Å². The van der Waals surface area contributed by atoms with E-state index in [9.17, 15) is 0 Å². The van der Waals surface area contributed by atoms with Crippen molar-refractivity contribution in [2.45, 2.75) is 13.0 Å². The van der Waals surface area contributed by atoms with Crippen LogP contribution in [0.15, 0.2) is 55.2 Å². The zero-order valence-corrected chi connectivity index (χ0v) is 20.5. The van der Waals surface area contributed by atoms with Gasteiger partial charge < -0.3 is 24.3 Å². The lowest BCUT2D eigenvalue weighted by Gasteiger charge is -2.33. The smallest absolute Gasteiger partial charge is 0.226 e. The highest BCUT2D eigenvalue weighted by atomic mass is 35.5. The fraction of sp³-hybridized carbons (Fsp3) is 0.240. The van der Waals surface area contributed by atoms with E-state index in [0.717, 1.165) is 23.3 Å². The minimum atomic E-state index is 0.182. The summed E-state index contributed by atoms with van der Waals surface area (Å²) in [6.45, 7) is 4.10. The molecule has 1 saturated heterocycles. The van der Waals surface area contributed by atoms with E-state index in [4.69, 9.17) is 26.1 Å². The first-order valence-electron chi connectivity index (χ1n) is 11.5. The summed E-state index contributed by atoms with van der Waals surface area (Å²) in [4.78, 5) is 24.5. The van der Waals surface area contributed by atoms with Gasteiger partial charge in [0.05, 0.1) is 47.8 Å². The maximum atomic E-state index is 6.57. The Labute approximate surface area is 211 Å². The Morgan fingerprint density at radius 3 is 2.86 bits per heavy atom. The molecule has 0 saturated carbocycles. The predicted octanol–water partition coefficient (Wildman–Crippen LogP) is 4.72. The van der Waals surface area contributed by atoms with Crippen molar-refractivity contribution >= 4 is 51.1 Å². The number of hydrogen-bond acceptors (Lipinski definition) is 9. The lowest BCUT2D eigenvalue weighted by molar-refractivity contribution is 0.0981. The number of aromatic nitrogens is 6. The topological polar surface area (TPSA) is 103 Å². The zero-order chi connectivity index (χ0) is 24.6. The number of anilines is 3. The SMILES string of the molecule is C[C@@H]1COCCN1c1ncc2ncnc(Nc3ccc(Oc4ccc5c(c4)ncn5C)c(Cl)c3)c2n1. The number of nitrogens with zero attached hydrogens (tertiary/aromatic N) is 7. The highest BCUT2D eigenvalue weighted by Gasteiger charge is 2.22. The van der Waals surface area contributed by atoms with Gasteiger partial charge in [0.25, 0.3) is 0 Å². The molecule has 0 unspecified atom stereocenters. The molecule has 1 aliphatic heterocycles. The third kappa shape index (κ3) is 4.25.